The Balaban J connectivity index is 1.56. The Hall–Kier alpha value is -3.55. The summed E-state index contributed by atoms with van der Waals surface area (Å²) in [6.45, 7) is 7.47. The minimum absolute atomic E-state index is 0.131. The van der Waals surface area contributed by atoms with Crippen LogP contribution in [-0.4, -0.2) is 53.8 Å². The molecule has 0 aliphatic carbocycles. The maximum absolute atomic E-state index is 11.9. The number of benzene rings is 1. The van der Waals surface area contributed by atoms with Crippen LogP contribution in [0.3, 0.4) is 0 Å². The maximum Gasteiger partial charge on any atom is 0.219 e. The molecule has 0 aliphatic rings. The highest BCUT2D eigenvalue weighted by molar-refractivity contribution is 5.94. The number of unbranched alkanes of at least 4 members (excludes halogenated alkanes) is 1. The Morgan fingerprint density at radius 2 is 2.03 bits per heavy atom. The summed E-state index contributed by atoms with van der Waals surface area (Å²) in [5.41, 5.74) is 5.65. The van der Waals surface area contributed by atoms with Crippen LogP contribution in [0.25, 0.3) is 33.4 Å². The Morgan fingerprint density at radius 1 is 1.18 bits per heavy atom. The molecular formula is C25H31N7O. The van der Waals surface area contributed by atoms with Gasteiger partial charge in [0, 0.05) is 55.8 Å². The zero-order valence-corrected chi connectivity index (χ0v) is 19.7. The van der Waals surface area contributed by atoms with Crippen molar-refractivity contribution in [1.82, 2.24) is 34.8 Å². The molecule has 0 saturated heterocycles. The largest absolute Gasteiger partial charge is 0.343 e. The van der Waals surface area contributed by atoms with Gasteiger partial charge in [-0.1, -0.05) is 26.3 Å². The van der Waals surface area contributed by atoms with Crippen molar-refractivity contribution in [3.8, 4) is 22.5 Å². The molecule has 172 valence electrons. The van der Waals surface area contributed by atoms with Crippen LogP contribution < -0.4 is 0 Å². The van der Waals surface area contributed by atoms with E-state index in [0.717, 1.165) is 71.5 Å². The molecule has 0 spiro atoms. The van der Waals surface area contributed by atoms with Gasteiger partial charge in [-0.25, -0.2) is 9.97 Å². The zero-order chi connectivity index (χ0) is 23.4. The number of aryl methyl sites for hydroxylation is 1. The fourth-order valence-electron chi connectivity index (χ4n) is 4.00. The maximum atomic E-state index is 11.9. The Morgan fingerprint density at radius 3 is 2.76 bits per heavy atom. The summed E-state index contributed by atoms with van der Waals surface area (Å²) in [4.78, 5) is 22.9. The number of carbonyl (C=O) groups excluding carboxylic acids is 1. The average molecular weight is 446 g/mol. The topological polar surface area (TPSA) is 92.6 Å². The minimum atomic E-state index is 0.131. The van der Waals surface area contributed by atoms with Crippen molar-refractivity contribution in [3.05, 3.63) is 48.7 Å². The highest BCUT2D eigenvalue weighted by Gasteiger charge is 2.16. The van der Waals surface area contributed by atoms with Crippen LogP contribution in [0.1, 0.15) is 51.6 Å². The van der Waals surface area contributed by atoms with E-state index in [1.54, 1.807) is 17.9 Å². The second-order valence-electron chi connectivity index (χ2n) is 8.61. The van der Waals surface area contributed by atoms with Gasteiger partial charge >= 0.3 is 0 Å². The van der Waals surface area contributed by atoms with Gasteiger partial charge in [0.25, 0.3) is 0 Å². The third kappa shape index (κ3) is 5.10. The normalized spacial score (nSPS) is 12.2. The fraction of sp³-hybridized carbons (Fsp3) is 0.400. The third-order valence-electron chi connectivity index (χ3n) is 6.10. The van der Waals surface area contributed by atoms with Crippen molar-refractivity contribution in [3.63, 3.8) is 0 Å². The van der Waals surface area contributed by atoms with Gasteiger partial charge in [-0.05, 0) is 36.6 Å². The molecule has 1 atom stereocenters. The molecule has 4 rings (SSSR count). The molecule has 0 bridgehead atoms. The number of hydrogen-bond acceptors (Lipinski definition) is 5. The molecule has 0 aliphatic heterocycles. The lowest BCUT2D eigenvalue weighted by molar-refractivity contribution is -0.129. The minimum Gasteiger partial charge on any atom is -0.343 e. The van der Waals surface area contributed by atoms with Crippen molar-refractivity contribution < 1.29 is 4.79 Å². The molecule has 1 N–H and O–H groups in total. The first kappa shape index (κ1) is 22.6. The van der Waals surface area contributed by atoms with Gasteiger partial charge in [-0.2, -0.15) is 10.2 Å². The number of H-pyrrole nitrogens is 1. The van der Waals surface area contributed by atoms with Gasteiger partial charge in [0.05, 0.1) is 17.4 Å². The number of aromatic amines is 1. The molecule has 8 nitrogen and oxygen atoms in total. The van der Waals surface area contributed by atoms with Gasteiger partial charge in [-0.15, -0.1) is 0 Å². The summed E-state index contributed by atoms with van der Waals surface area (Å²) in [5, 5.41) is 13.0. The molecule has 1 amide bonds. The lowest BCUT2D eigenvalue weighted by Crippen LogP contribution is -2.31. The second-order valence-corrected chi connectivity index (χ2v) is 8.61. The third-order valence-corrected chi connectivity index (χ3v) is 6.10. The molecule has 4 aromatic rings. The number of hydrogen-bond donors (Lipinski definition) is 1. The SMILES string of the molecule is CCCCN(CCC(C)c1cc(-c2n[nH]c3ccc(-c4cnn(C)c4)cc23)ncn1)C(C)=O. The van der Waals surface area contributed by atoms with E-state index in [2.05, 4.69) is 51.2 Å². The second kappa shape index (κ2) is 9.94. The van der Waals surface area contributed by atoms with Crippen LogP contribution >= 0.6 is 0 Å². The Labute approximate surface area is 194 Å². The van der Waals surface area contributed by atoms with Gasteiger partial charge < -0.3 is 4.90 Å². The Bertz CT molecular complexity index is 1240. The summed E-state index contributed by atoms with van der Waals surface area (Å²) in [6.07, 6.45) is 8.42. The van der Waals surface area contributed by atoms with Crippen LogP contribution in [-0.2, 0) is 11.8 Å². The number of rotatable bonds is 9. The van der Waals surface area contributed by atoms with E-state index in [9.17, 15) is 4.79 Å². The Kier molecular flexibility index (Phi) is 6.82. The van der Waals surface area contributed by atoms with Crippen molar-refractivity contribution in [1.29, 1.82) is 0 Å². The van der Waals surface area contributed by atoms with E-state index in [4.69, 9.17) is 0 Å². The number of fused-ring (bicyclic) bond motifs is 1. The molecule has 0 saturated carbocycles. The zero-order valence-electron chi connectivity index (χ0n) is 19.7. The first-order valence-corrected chi connectivity index (χ1v) is 11.5. The van der Waals surface area contributed by atoms with E-state index in [0.29, 0.717) is 0 Å². The number of amides is 1. The van der Waals surface area contributed by atoms with E-state index in [1.165, 1.54) is 0 Å². The number of nitrogens with one attached hydrogen (secondary N) is 1. The molecule has 0 fully saturated rings. The summed E-state index contributed by atoms with van der Waals surface area (Å²) in [7, 11) is 1.91. The van der Waals surface area contributed by atoms with Gasteiger partial charge in [0.1, 0.15) is 12.0 Å². The smallest absolute Gasteiger partial charge is 0.219 e. The fourth-order valence-corrected chi connectivity index (χ4v) is 4.00. The van der Waals surface area contributed by atoms with Crippen molar-refractivity contribution in [2.45, 2.75) is 46.0 Å². The number of carbonyl (C=O) groups is 1. The van der Waals surface area contributed by atoms with Crippen molar-refractivity contribution in [2.24, 2.45) is 7.05 Å². The first-order valence-electron chi connectivity index (χ1n) is 11.5. The molecule has 3 heterocycles. The standard InChI is InChI=1S/C25H31N7O/c1-5-6-10-32(18(3)33)11-9-17(2)23-13-24(27-16-26-23)25-21-12-19(7-8-22(21)29-30-25)20-14-28-31(4)15-20/h7-8,12-17H,5-6,9-11H2,1-4H3,(H,29,30). The quantitative estimate of drug-likeness (QED) is 0.408. The first-order chi connectivity index (χ1) is 16.0. The van der Waals surface area contributed by atoms with E-state index in [1.807, 2.05) is 36.5 Å². The molecular weight excluding hydrogens is 414 g/mol. The molecule has 0 radical (unpaired) electrons. The number of aromatic nitrogens is 6. The number of nitrogens with zero attached hydrogens (tertiary/aromatic N) is 6. The van der Waals surface area contributed by atoms with Crippen LogP contribution in [0.5, 0.6) is 0 Å². The van der Waals surface area contributed by atoms with Gasteiger partial charge in [-0.3, -0.25) is 14.6 Å². The van der Waals surface area contributed by atoms with Gasteiger partial charge in [0.2, 0.25) is 5.91 Å². The molecule has 8 heteroatoms. The van der Waals surface area contributed by atoms with Crippen LogP contribution in [0, 0.1) is 0 Å². The molecule has 33 heavy (non-hydrogen) atoms. The summed E-state index contributed by atoms with van der Waals surface area (Å²) < 4.78 is 1.80. The van der Waals surface area contributed by atoms with Crippen LogP contribution in [0.4, 0.5) is 0 Å². The molecule has 3 aromatic heterocycles. The highest BCUT2D eigenvalue weighted by Crippen LogP contribution is 2.30. The highest BCUT2D eigenvalue weighted by atomic mass is 16.2. The van der Waals surface area contributed by atoms with Crippen molar-refractivity contribution in [2.75, 3.05) is 13.1 Å². The predicted octanol–water partition coefficient (Wildman–Crippen LogP) is 4.56. The summed E-state index contributed by atoms with van der Waals surface area (Å²) in [6, 6.07) is 8.23. The molecule has 1 aromatic carbocycles. The molecule has 1 unspecified atom stereocenters. The van der Waals surface area contributed by atoms with Gasteiger partial charge in [0.15, 0.2) is 0 Å². The van der Waals surface area contributed by atoms with Crippen LogP contribution in [0.2, 0.25) is 0 Å². The van der Waals surface area contributed by atoms with Crippen LogP contribution in [0.15, 0.2) is 43.0 Å². The lowest BCUT2D eigenvalue weighted by Gasteiger charge is -2.22. The predicted molar refractivity (Wildman–Crippen MR) is 130 cm³/mol. The van der Waals surface area contributed by atoms with Crippen molar-refractivity contribution >= 4 is 16.8 Å². The van der Waals surface area contributed by atoms with E-state index < -0.39 is 0 Å². The lowest BCUT2D eigenvalue weighted by atomic mass is 10.0. The van der Waals surface area contributed by atoms with E-state index in [-0.39, 0.29) is 11.8 Å². The monoisotopic (exact) mass is 445 g/mol. The summed E-state index contributed by atoms with van der Waals surface area (Å²) >= 11 is 0. The average Bonchev–Trinajstić information content (AvgIpc) is 3.44. The van der Waals surface area contributed by atoms with E-state index >= 15 is 0 Å². The summed E-state index contributed by atoms with van der Waals surface area (Å²) in [5.74, 6) is 0.331.